The van der Waals surface area contributed by atoms with Gasteiger partial charge in [0.1, 0.15) is 0 Å². The molecule has 0 saturated heterocycles. The van der Waals surface area contributed by atoms with Crippen LogP contribution in [0.25, 0.3) is 0 Å². The van der Waals surface area contributed by atoms with Gasteiger partial charge in [0.05, 0.1) is 11.5 Å². The van der Waals surface area contributed by atoms with Gasteiger partial charge in [-0.3, -0.25) is 0 Å². The first-order chi connectivity index (χ1) is 3.85. The summed E-state index contributed by atoms with van der Waals surface area (Å²) in [4.78, 5) is 0. The highest BCUT2D eigenvalue weighted by molar-refractivity contribution is 5.16. The summed E-state index contributed by atoms with van der Waals surface area (Å²) in [6, 6.07) is 0. The first-order valence-corrected chi connectivity index (χ1v) is 2.65. The molecule has 0 aromatic heterocycles. The number of rotatable bonds is 1. The van der Waals surface area contributed by atoms with Crippen LogP contribution in [0.1, 0.15) is 13.8 Å². The summed E-state index contributed by atoms with van der Waals surface area (Å²) in [6.07, 6.45) is 0. The number of nitrogens with two attached hydrogens (primary N) is 4. The van der Waals surface area contributed by atoms with Crippen LogP contribution in [0, 0.1) is 0 Å². The van der Waals surface area contributed by atoms with Crippen LogP contribution < -0.4 is 22.9 Å². The van der Waals surface area contributed by atoms with Gasteiger partial charge >= 0.3 is 0 Å². The van der Waals surface area contributed by atoms with E-state index in [0.29, 0.717) is 5.57 Å². The average Bonchev–Trinajstić information content (AvgIpc) is 1.62. The highest BCUT2D eigenvalue weighted by Crippen LogP contribution is 2.04. The molecule has 0 aromatic carbocycles. The first kappa shape index (κ1) is 8.26. The molecule has 0 aliphatic rings. The van der Waals surface area contributed by atoms with Crippen molar-refractivity contribution in [2.75, 3.05) is 0 Å². The Hall–Kier alpha value is -0.740. The summed E-state index contributed by atoms with van der Waals surface area (Å²) < 4.78 is 0. The van der Waals surface area contributed by atoms with E-state index in [2.05, 4.69) is 0 Å². The first-order valence-electron chi connectivity index (χ1n) is 2.65. The minimum atomic E-state index is -0.890. The fraction of sp³-hybridized carbons (Fsp3) is 0.600. The van der Waals surface area contributed by atoms with Crippen molar-refractivity contribution in [3.8, 4) is 0 Å². The zero-order chi connectivity index (χ0) is 7.65. The van der Waals surface area contributed by atoms with Crippen molar-refractivity contribution in [3.05, 3.63) is 11.4 Å². The van der Waals surface area contributed by atoms with E-state index in [-0.39, 0.29) is 5.82 Å². The van der Waals surface area contributed by atoms with Gasteiger partial charge in [-0.1, -0.05) is 0 Å². The van der Waals surface area contributed by atoms with E-state index in [9.17, 15) is 0 Å². The van der Waals surface area contributed by atoms with Gasteiger partial charge in [-0.25, -0.2) is 0 Å². The minimum absolute atomic E-state index is 0.197. The predicted octanol–water partition coefficient (Wildman–Crippen LogP) is -1.23. The van der Waals surface area contributed by atoms with Crippen molar-refractivity contribution in [1.29, 1.82) is 0 Å². The van der Waals surface area contributed by atoms with Gasteiger partial charge in [0, 0.05) is 0 Å². The van der Waals surface area contributed by atoms with E-state index in [4.69, 9.17) is 22.9 Å². The van der Waals surface area contributed by atoms with Gasteiger partial charge in [-0.15, -0.1) is 0 Å². The Morgan fingerprint density at radius 2 is 1.56 bits per heavy atom. The van der Waals surface area contributed by atoms with Crippen molar-refractivity contribution >= 4 is 0 Å². The second kappa shape index (κ2) is 2.24. The van der Waals surface area contributed by atoms with Gasteiger partial charge in [-0.2, -0.15) is 0 Å². The van der Waals surface area contributed by atoms with E-state index in [1.807, 2.05) is 0 Å². The lowest BCUT2D eigenvalue weighted by Crippen LogP contribution is -2.48. The third-order valence-corrected chi connectivity index (χ3v) is 1.24. The molecule has 0 radical (unpaired) electrons. The highest BCUT2D eigenvalue weighted by Gasteiger charge is 2.15. The maximum atomic E-state index is 5.44. The molecule has 0 heterocycles. The Morgan fingerprint density at radius 1 is 1.22 bits per heavy atom. The third-order valence-electron chi connectivity index (χ3n) is 1.24. The van der Waals surface area contributed by atoms with Crippen LogP contribution in [0.15, 0.2) is 11.4 Å². The van der Waals surface area contributed by atoms with Crippen molar-refractivity contribution in [1.82, 2.24) is 0 Å². The molecule has 0 fully saturated rings. The van der Waals surface area contributed by atoms with Gasteiger partial charge in [0.2, 0.25) is 0 Å². The topological polar surface area (TPSA) is 104 Å². The average molecular weight is 130 g/mol. The monoisotopic (exact) mass is 130 g/mol. The molecule has 9 heavy (non-hydrogen) atoms. The minimum Gasteiger partial charge on any atom is -0.386 e. The molecule has 0 unspecified atom stereocenters. The van der Waals surface area contributed by atoms with Crippen LogP contribution >= 0.6 is 0 Å². The third kappa shape index (κ3) is 2.34. The Balaban J connectivity index is 4.40. The maximum Gasteiger partial charge on any atom is 0.0954 e. The number of hydrogen-bond acceptors (Lipinski definition) is 4. The van der Waals surface area contributed by atoms with Gasteiger partial charge in [0.15, 0.2) is 0 Å². The zero-order valence-electron chi connectivity index (χ0n) is 5.81. The van der Waals surface area contributed by atoms with Crippen molar-refractivity contribution in [2.24, 2.45) is 22.9 Å². The largest absolute Gasteiger partial charge is 0.386 e. The fourth-order valence-corrected chi connectivity index (χ4v) is 0.311. The van der Waals surface area contributed by atoms with E-state index < -0.39 is 5.66 Å². The van der Waals surface area contributed by atoms with Crippen LogP contribution in [0.3, 0.4) is 0 Å². The molecule has 0 aliphatic carbocycles. The van der Waals surface area contributed by atoms with E-state index in [1.54, 1.807) is 13.8 Å². The standard InChI is InChI=1S/C5H14N4/c1-3(4(6)7)5(2,8)9/h6-9H2,1-2H3. The van der Waals surface area contributed by atoms with Crippen molar-refractivity contribution in [3.63, 3.8) is 0 Å². The predicted molar refractivity (Wildman–Crippen MR) is 37.9 cm³/mol. The summed E-state index contributed by atoms with van der Waals surface area (Å²) >= 11 is 0. The molecule has 0 bridgehead atoms. The van der Waals surface area contributed by atoms with Crippen molar-refractivity contribution < 1.29 is 0 Å². The molecule has 0 spiro atoms. The normalized spacial score (nSPS) is 11.1. The van der Waals surface area contributed by atoms with E-state index >= 15 is 0 Å². The molecule has 0 aromatic rings. The highest BCUT2D eigenvalue weighted by atomic mass is 15.0. The Morgan fingerprint density at radius 3 is 1.56 bits per heavy atom. The second-order valence-corrected chi connectivity index (χ2v) is 2.36. The fourth-order valence-electron chi connectivity index (χ4n) is 0.311. The smallest absolute Gasteiger partial charge is 0.0954 e. The summed E-state index contributed by atoms with van der Waals surface area (Å²) in [6.45, 7) is 3.34. The lowest BCUT2D eigenvalue weighted by molar-refractivity contribution is 0.569. The summed E-state index contributed by atoms with van der Waals surface area (Å²) in [5, 5.41) is 0. The molecule has 0 amide bonds. The molecule has 0 atom stereocenters. The Bertz CT molecular complexity index is 126. The van der Waals surface area contributed by atoms with Crippen molar-refractivity contribution in [2.45, 2.75) is 19.5 Å². The van der Waals surface area contributed by atoms with Crippen LogP contribution in [0.4, 0.5) is 0 Å². The van der Waals surface area contributed by atoms with Crippen LogP contribution in [0.5, 0.6) is 0 Å². The Kier molecular flexibility index (Phi) is 2.06. The maximum absolute atomic E-state index is 5.44. The molecular formula is C5H14N4. The van der Waals surface area contributed by atoms with Gasteiger partial charge in [-0.05, 0) is 19.4 Å². The quantitative estimate of drug-likeness (QED) is 0.333. The molecular weight excluding hydrogens is 116 g/mol. The van der Waals surface area contributed by atoms with Crippen LogP contribution in [0.2, 0.25) is 0 Å². The Labute approximate surface area is 54.9 Å². The second-order valence-electron chi connectivity index (χ2n) is 2.36. The molecule has 4 nitrogen and oxygen atoms in total. The molecule has 8 N–H and O–H groups in total. The van der Waals surface area contributed by atoms with Crippen LogP contribution in [-0.2, 0) is 0 Å². The summed E-state index contributed by atoms with van der Waals surface area (Å²) in [7, 11) is 0. The molecule has 0 rings (SSSR count). The lowest BCUT2D eigenvalue weighted by Gasteiger charge is -2.20. The molecule has 0 saturated carbocycles. The number of hydrogen-bond donors (Lipinski definition) is 4. The zero-order valence-corrected chi connectivity index (χ0v) is 5.81. The van der Waals surface area contributed by atoms with Gasteiger partial charge < -0.3 is 22.9 Å². The SMILES string of the molecule is CC(=C(N)N)C(C)(N)N. The summed E-state index contributed by atoms with van der Waals surface area (Å²) in [5.74, 6) is 0.197. The van der Waals surface area contributed by atoms with Gasteiger partial charge in [0.25, 0.3) is 0 Å². The molecule has 54 valence electrons. The lowest BCUT2D eigenvalue weighted by atomic mass is 10.1. The van der Waals surface area contributed by atoms with E-state index in [0.717, 1.165) is 0 Å². The van der Waals surface area contributed by atoms with E-state index in [1.165, 1.54) is 0 Å². The molecule has 4 heteroatoms. The summed E-state index contributed by atoms with van der Waals surface area (Å²) in [5.41, 5.74) is 21.0. The van der Waals surface area contributed by atoms with Crippen LogP contribution in [-0.4, -0.2) is 5.66 Å². The molecule has 0 aliphatic heterocycles.